The van der Waals surface area contributed by atoms with Crippen molar-refractivity contribution in [3.8, 4) is 17.1 Å². The maximum atomic E-state index is 12.7. The fourth-order valence-corrected chi connectivity index (χ4v) is 3.05. The van der Waals surface area contributed by atoms with Crippen LogP contribution in [0.4, 0.5) is 0 Å². The second-order valence-corrected chi connectivity index (χ2v) is 5.93. The van der Waals surface area contributed by atoms with E-state index in [1.54, 1.807) is 12.0 Å². The number of aromatic nitrogens is 4. The fourth-order valence-electron chi connectivity index (χ4n) is 3.05. The van der Waals surface area contributed by atoms with Crippen molar-refractivity contribution in [3.63, 3.8) is 0 Å². The second-order valence-electron chi connectivity index (χ2n) is 5.93. The van der Waals surface area contributed by atoms with Crippen molar-refractivity contribution in [1.82, 2.24) is 25.0 Å². The number of hydrogen-bond acceptors (Lipinski definition) is 7. The highest BCUT2D eigenvalue weighted by Gasteiger charge is 2.35. The zero-order chi connectivity index (χ0) is 17.9. The third kappa shape index (κ3) is 3.01. The van der Waals surface area contributed by atoms with Crippen LogP contribution in [0.25, 0.3) is 11.4 Å². The molecule has 2 aromatic heterocycles. The van der Waals surface area contributed by atoms with Crippen LogP contribution in [0.1, 0.15) is 35.3 Å². The van der Waals surface area contributed by atoms with Crippen LogP contribution in [0, 0.1) is 0 Å². The van der Waals surface area contributed by atoms with E-state index in [1.165, 1.54) is 18.6 Å². The van der Waals surface area contributed by atoms with Crippen LogP contribution in [0.3, 0.4) is 0 Å². The van der Waals surface area contributed by atoms with E-state index in [2.05, 4.69) is 20.1 Å². The summed E-state index contributed by atoms with van der Waals surface area (Å²) in [4.78, 5) is 27.0. The molecule has 8 nitrogen and oxygen atoms in total. The first kappa shape index (κ1) is 16.2. The van der Waals surface area contributed by atoms with Crippen LogP contribution in [0.2, 0.25) is 0 Å². The maximum Gasteiger partial charge on any atom is 0.274 e. The Kier molecular flexibility index (Phi) is 4.30. The molecule has 26 heavy (non-hydrogen) atoms. The highest BCUT2D eigenvalue weighted by Crippen LogP contribution is 2.33. The second kappa shape index (κ2) is 6.91. The molecule has 0 spiro atoms. The Hall–Kier alpha value is -3.29. The Morgan fingerprint density at radius 2 is 2.12 bits per heavy atom. The first-order chi connectivity index (χ1) is 12.8. The largest absolute Gasteiger partial charge is 0.497 e. The number of nitrogens with zero attached hydrogens (tertiary/aromatic N) is 5. The first-order valence-corrected chi connectivity index (χ1v) is 8.31. The number of amides is 1. The molecule has 1 aliphatic heterocycles. The van der Waals surface area contributed by atoms with Gasteiger partial charge in [0.15, 0.2) is 0 Å². The fraction of sp³-hybridized carbons (Fsp3) is 0.278. The lowest BCUT2D eigenvalue weighted by Gasteiger charge is -2.21. The Morgan fingerprint density at radius 3 is 2.85 bits per heavy atom. The van der Waals surface area contributed by atoms with E-state index < -0.39 is 0 Å². The molecule has 0 saturated carbocycles. The van der Waals surface area contributed by atoms with Crippen LogP contribution < -0.4 is 4.74 Å². The van der Waals surface area contributed by atoms with Crippen molar-refractivity contribution >= 4 is 5.91 Å². The third-order valence-corrected chi connectivity index (χ3v) is 4.37. The lowest BCUT2D eigenvalue weighted by molar-refractivity contribution is 0.0703. The van der Waals surface area contributed by atoms with Crippen LogP contribution in [0.15, 0.2) is 47.4 Å². The van der Waals surface area contributed by atoms with Crippen molar-refractivity contribution in [1.29, 1.82) is 0 Å². The zero-order valence-electron chi connectivity index (χ0n) is 14.2. The molecule has 0 N–H and O–H groups in total. The predicted octanol–water partition coefficient (Wildman–Crippen LogP) is 2.51. The molecule has 1 saturated heterocycles. The Bertz CT molecular complexity index is 895. The molecule has 0 radical (unpaired) electrons. The van der Waals surface area contributed by atoms with Crippen LogP contribution in [0.5, 0.6) is 5.75 Å². The summed E-state index contributed by atoms with van der Waals surface area (Å²) in [5.74, 6) is 1.51. The van der Waals surface area contributed by atoms with Crippen LogP contribution in [-0.4, -0.2) is 44.6 Å². The summed E-state index contributed by atoms with van der Waals surface area (Å²) in [5.41, 5.74) is 1.14. The summed E-state index contributed by atoms with van der Waals surface area (Å²) in [6, 6.07) is 7.16. The van der Waals surface area contributed by atoms with Crippen LogP contribution in [-0.2, 0) is 0 Å². The van der Waals surface area contributed by atoms with Gasteiger partial charge in [0, 0.05) is 24.5 Å². The van der Waals surface area contributed by atoms with Gasteiger partial charge in [-0.3, -0.25) is 9.78 Å². The van der Waals surface area contributed by atoms with Gasteiger partial charge in [-0.1, -0.05) is 5.16 Å². The number of hydrogen-bond donors (Lipinski definition) is 0. The SMILES string of the molecule is COc1ccc(-c2noc([C@H]3CCCN3C(=O)c3cnccn3)n2)cc1. The number of ether oxygens (including phenoxy) is 1. The van der Waals surface area contributed by atoms with E-state index in [0.29, 0.717) is 24.0 Å². The first-order valence-electron chi connectivity index (χ1n) is 8.31. The highest BCUT2D eigenvalue weighted by atomic mass is 16.5. The van der Waals surface area contributed by atoms with Gasteiger partial charge in [-0.25, -0.2) is 4.98 Å². The van der Waals surface area contributed by atoms with Gasteiger partial charge in [0.2, 0.25) is 11.7 Å². The lowest BCUT2D eigenvalue weighted by atomic mass is 10.2. The molecule has 3 aromatic rings. The third-order valence-electron chi connectivity index (χ3n) is 4.37. The molecule has 4 rings (SSSR count). The topological polar surface area (TPSA) is 94.2 Å². The van der Waals surface area contributed by atoms with E-state index in [9.17, 15) is 4.79 Å². The van der Waals surface area contributed by atoms with Crippen molar-refractivity contribution in [2.75, 3.05) is 13.7 Å². The summed E-state index contributed by atoms with van der Waals surface area (Å²) in [5, 5.41) is 4.06. The smallest absolute Gasteiger partial charge is 0.274 e. The predicted molar refractivity (Wildman–Crippen MR) is 91.3 cm³/mol. The number of methoxy groups -OCH3 is 1. The minimum absolute atomic E-state index is 0.176. The average molecular weight is 351 g/mol. The van der Waals surface area contributed by atoms with Crippen LogP contribution >= 0.6 is 0 Å². The Morgan fingerprint density at radius 1 is 1.27 bits per heavy atom. The molecule has 1 amide bonds. The molecule has 1 atom stereocenters. The molecule has 1 fully saturated rings. The maximum absolute atomic E-state index is 12.7. The summed E-state index contributed by atoms with van der Waals surface area (Å²) < 4.78 is 10.6. The number of benzene rings is 1. The lowest BCUT2D eigenvalue weighted by Crippen LogP contribution is -2.31. The molecule has 0 bridgehead atoms. The molecular formula is C18H17N5O3. The molecule has 3 heterocycles. The molecule has 0 unspecified atom stereocenters. The Balaban J connectivity index is 1.57. The van der Waals surface area contributed by atoms with Gasteiger partial charge in [-0.15, -0.1) is 0 Å². The van der Waals surface area contributed by atoms with Gasteiger partial charge < -0.3 is 14.2 Å². The summed E-state index contributed by atoms with van der Waals surface area (Å²) >= 11 is 0. The van der Waals surface area contributed by atoms with E-state index in [4.69, 9.17) is 9.26 Å². The van der Waals surface area contributed by atoms with Crippen molar-refractivity contribution in [2.24, 2.45) is 0 Å². The van der Waals surface area contributed by atoms with E-state index >= 15 is 0 Å². The van der Waals surface area contributed by atoms with Gasteiger partial charge >= 0.3 is 0 Å². The average Bonchev–Trinajstić information content (AvgIpc) is 3.37. The normalized spacial score (nSPS) is 16.7. The van der Waals surface area contributed by atoms with E-state index in [1.807, 2.05) is 24.3 Å². The standard InChI is InChI=1S/C18H17N5O3/c1-25-13-6-4-12(5-7-13)16-21-17(26-22-16)15-3-2-10-23(15)18(24)14-11-19-8-9-20-14/h4-9,11,15H,2-3,10H2,1H3/t15-/m1/s1. The highest BCUT2D eigenvalue weighted by molar-refractivity contribution is 5.92. The van der Waals surface area contributed by atoms with Crippen molar-refractivity contribution in [3.05, 3.63) is 54.4 Å². The van der Waals surface area contributed by atoms with Gasteiger partial charge in [0.25, 0.3) is 5.91 Å². The van der Waals surface area contributed by atoms with E-state index in [0.717, 1.165) is 24.2 Å². The zero-order valence-corrected chi connectivity index (χ0v) is 14.2. The number of rotatable bonds is 4. The molecule has 132 valence electrons. The minimum atomic E-state index is -0.246. The van der Waals surface area contributed by atoms with Gasteiger partial charge in [0.05, 0.1) is 13.3 Å². The number of carbonyl (C=O) groups excluding carboxylic acids is 1. The molecule has 8 heteroatoms. The van der Waals surface area contributed by atoms with Gasteiger partial charge in [0.1, 0.15) is 17.5 Å². The van der Waals surface area contributed by atoms with Gasteiger partial charge in [-0.05, 0) is 37.1 Å². The summed E-state index contributed by atoms with van der Waals surface area (Å²) in [6.07, 6.45) is 6.16. The number of carbonyl (C=O) groups is 1. The Labute approximate surface area is 149 Å². The monoisotopic (exact) mass is 351 g/mol. The molecular weight excluding hydrogens is 334 g/mol. The quantitative estimate of drug-likeness (QED) is 0.713. The van der Waals surface area contributed by atoms with E-state index in [-0.39, 0.29) is 11.9 Å². The van der Waals surface area contributed by atoms with Crippen molar-refractivity contribution in [2.45, 2.75) is 18.9 Å². The van der Waals surface area contributed by atoms with Crippen molar-refractivity contribution < 1.29 is 14.1 Å². The van der Waals surface area contributed by atoms with Gasteiger partial charge in [-0.2, -0.15) is 4.98 Å². The minimum Gasteiger partial charge on any atom is -0.497 e. The summed E-state index contributed by atoms with van der Waals surface area (Å²) in [7, 11) is 1.62. The summed E-state index contributed by atoms with van der Waals surface area (Å²) in [6.45, 7) is 0.625. The molecule has 0 aliphatic carbocycles. The molecule has 1 aliphatic rings. The number of likely N-dealkylation sites (tertiary alicyclic amines) is 1. The molecule has 1 aromatic carbocycles.